The monoisotopic (exact) mass is 394 g/mol. The second-order valence-electron chi connectivity index (χ2n) is 6.83. The first-order valence-electron chi connectivity index (χ1n) is 9.57. The minimum Gasteiger partial charge on any atom is -0.346 e. The van der Waals surface area contributed by atoms with Crippen molar-refractivity contribution in [1.29, 1.82) is 0 Å². The van der Waals surface area contributed by atoms with Gasteiger partial charge in [0, 0.05) is 17.9 Å². The molecule has 0 fully saturated rings. The van der Waals surface area contributed by atoms with Gasteiger partial charge in [0.05, 0.1) is 6.04 Å². The number of rotatable bonds is 8. The maximum absolute atomic E-state index is 12.1. The quantitative estimate of drug-likeness (QED) is 0.555. The van der Waals surface area contributed by atoms with Crippen LogP contribution < -0.4 is 5.32 Å². The van der Waals surface area contributed by atoms with E-state index in [9.17, 15) is 4.79 Å². The molecule has 0 saturated heterocycles. The highest BCUT2D eigenvalue weighted by molar-refractivity contribution is 7.98. The summed E-state index contributed by atoms with van der Waals surface area (Å²) in [5.74, 6) is 1.58. The number of carbonyl (C=O) groups is 1. The Balaban J connectivity index is 1.90. The zero-order valence-corrected chi connectivity index (χ0v) is 17.4. The predicted octanol–water partition coefficient (Wildman–Crippen LogP) is 4.85. The van der Waals surface area contributed by atoms with E-state index in [4.69, 9.17) is 0 Å². The summed E-state index contributed by atoms with van der Waals surface area (Å²) < 4.78 is 2.05. The molecule has 6 heteroatoms. The number of hydrogen-bond donors (Lipinski definition) is 1. The lowest BCUT2D eigenvalue weighted by atomic mass is 10.2. The van der Waals surface area contributed by atoms with Gasteiger partial charge in [0.2, 0.25) is 5.91 Å². The van der Waals surface area contributed by atoms with E-state index in [-0.39, 0.29) is 11.9 Å². The van der Waals surface area contributed by atoms with Gasteiger partial charge in [0.25, 0.3) is 0 Å². The third-order valence-electron chi connectivity index (χ3n) is 4.40. The Hall–Kier alpha value is -2.60. The van der Waals surface area contributed by atoms with Gasteiger partial charge in [0.1, 0.15) is 0 Å². The smallest absolute Gasteiger partial charge is 0.220 e. The van der Waals surface area contributed by atoms with Gasteiger partial charge in [-0.25, -0.2) is 0 Å². The van der Waals surface area contributed by atoms with Crippen LogP contribution in [0.3, 0.4) is 0 Å². The third kappa shape index (κ3) is 5.01. The highest BCUT2D eigenvalue weighted by Gasteiger charge is 2.20. The maximum atomic E-state index is 12.1. The second-order valence-corrected chi connectivity index (χ2v) is 7.77. The van der Waals surface area contributed by atoms with E-state index >= 15 is 0 Å². The van der Waals surface area contributed by atoms with Crippen LogP contribution in [0.25, 0.3) is 5.69 Å². The second kappa shape index (κ2) is 9.55. The summed E-state index contributed by atoms with van der Waals surface area (Å²) in [5, 5.41) is 12.7. The molecule has 0 saturated carbocycles. The first kappa shape index (κ1) is 20.1. The minimum atomic E-state index is -0.223. The molecule has 0 aliphatic rings. The van der Waals surface area contributed by atoms with E-state index in [0.717, 1.165) is 28.8 Å². The summed E-state index contributed by atoms with van der Waals surface area (Å²) in [6, 6.07) is 18.4. The highest BCUT2D eigenvalue weighted by Crippen LogP contribution is 2.27. The number of hydrogen-bond acceptors (Lipinski definition) is 4. The molecular formula is C22H26N4OS. The zero-order chi connectivity index (χ0) is 19.9. The van der Waals surface area contributed by atoms with E-state index < -0.39 is 0 Å². The van der Waals surface area contributed by atoms with Crippen LogP contribution in [-0.2, 0) is 10.5 Å². The molecule has 5 nitrogen and oxygen atoms in total. The topological polar surface area (TPSA) is 59.8 Å². The van der Waals surface area contributed by atoms with Crippen LogP contribution in [0.15, 0.2) is 59.8 Å². The van der Waals surface area contributed by atoms with Crippen molar-refractivity contribution in [2.24, 2.45) is 0 Å². The summed E-state index contributed by atoms with van der Waals surface area (Å²) in [6.07, 6.45) is 1.33. The normalized spacial score (nSPS) is 12.0. The van der Waals surface area contributed by atoms with Crippen LogP contribution in [0.4, 0.5) is 0 Å². The number of nitrogens with one attached hydrogen (secondary N) is 1. The predicted molar refractivity (Wildman–Crippen MR) is 114 cm³/mol. The largest absolute Gasteiger partial charge is 0.346 e. The molecule has 146 valence electrons. The zero-order valence-electron chi connectivity index (χ0n) is 16.6. The fraction of sp³-hybridized carbons (Fsp3) is 0.318. The lowest BCUT2D eigenvalue weighted by Gasteiger charge is -2.16. The Morgan fingerprint density at radius 3 is 2.50 bits per heavy atom. The molecule has 28 heavy (non-hydrogen) atoms. The molecular weight excluding hydrogens is 368 g/mol. The summed E-state index contributed by atoms with van der Waals surface area (Å²) >= 11 is 1.64. The van der Waals surface area contributed by atoms with Crippen molar-refractivity contribution < 1.29 is 4.79 Å². The highest BCUT2D eigenvalue weighted by atomic mass is 32.2. The minimum absolute atomic E-state index is 0.0342. The van der Waals surface area contributed by atoms with Crippen LogP contribution in [-0.4, -0.2) is 20.7 Å². The number of thioether (sulfide) groups is 1. The molecule has 0 aliphatic carbocycles. The first-order valence-corrected chi connectivity index (χ1v) is 10.6. The van der Waals surface area contributed by atoms with Gasteiger partial charge in [0.15, 0.2) is 11.0 Å². The van der Waals surface area contributed by atoms with Crippen LogP contribution in [0.5, 0.6) is 0 Å². The Morgan fingerprint density at radius 2 is 1.82 bits per heavy atom. The van der Waals surface area contributed by atoms with Crippen LogP contribution in [0.1, 0.15) is 49.7 Å². The summed E-state index contributed by atoms with van der Waals surface area (Å²) in [6.45, 7) is 6.01. The molecule has 0 spiro atoms. The number of aryl methyl sites for hydroxylation is 1. The summed E-state index contributed by atoms with van der Waals surface area (Å²) in [5.41, 5.74) is 3.43. The molecule has 0 bridgehead atoms. The lowest BCUT2D eigenvalue weighted by molar-refractivity contribution is -0.121. The molecule has 1 amide bonds. The average molecular weight is 395 g/mol. The van der Waals surface area contributed by atoms with Crippen molar-refractivity contribution in [2.75, 3.05) is 0 Å². The fourth-order valence-electron chi connectivity index (χ4n) is 2.92. The third-order valence-corrected chi connectivity index (χ3v) is 5.40. The van der Waals surface area contributed by atoms with E-state index in [1.807, 2.05) is 36.6 Å². The first-order chi connectivity index (χ1) is 13.6. The van der Waals surface area contributed by atoms with Crippen LogP contribution >= 0.6 is 11.8 Å². The number of aromatic nitrogens is 3. The fourth-order valence-corrected chi connectivity index (χ4v) is 3.83. The van der Waals surface area contributed by atoms with Crippen LogP contribution in [0.2, 0.25) is 0 Å². The molecule has 1 heterocycles. The SMILES string of the molecule is CCCC(=O)N[C@@H](C)c1nnc(SCc2ccccc2)n1-c1ccc(C)cc1. The van der Waals surface area contributed by atoms with Gasteiger partial charge in [-0.05, 0) is 38.0 Å². The standard InChI is InChI=1S/C22H26N4OS/c1-4-8-20(27)23-17(3)21-24-25-22(28-15-18-9-6-5-7-10-18)26(21)19-13-11-16(2)12-14-19/h5-7,9-14,17H,4,8,15H2,1-3H3,(H,23,27)/t17-/m0/s1. The lowest BCUT2D eigenvalue weighted by Crippen LogP contribution is -2.28. The van der Waals surface area contributed by atoms with Crippen molar-refractivity contribution in [2.45, 2.75) is 50.6 Å². The van der Waals surface area contributed by atoms with E-state index in [1.54, 1.807) is 11.8 Å². The van der Waals surface area contributed by atoms with Crippen molar-refractivity contribution in [3.05, 3.63) is 71.5 Å². The number of amides is 1. The molecule has 3 rings (SSSR count). The Kier molecular flexibility index (Phi) is 6.87. The Labute approximate surface area is 170 Å². The summed E-state index contributed by atoms with van der Waals surface area (Å²) in [4.78, 5) is 12.1. The van der Waals surface area contributed by atoms with Gasteiger partial charge in [-0.2, -0.15) is 0 Å². The van der Waals surface area contributed by atoms with Gasteiger partial charge in [-0.1, -0.05) is 66.7 Å². The van der Waals surface area contributed by atoms with Gasteiger partial charge < -0.3 is 5.32 Å². The van der Waals surface area contributed by atoms with E-state index in [0.29, 0.717) is 6.42 Å². The van der Waals surface area contributed by atoms with E-state index in [1.165, 1.54) is 11.1 Å². The summed E-state index contributed by atoms with van der Waals surface area (Å²) in [7, 11) is 0. The van der Waals surface area contributed by atoms with E-state index in [2.05, 4.69) is 58.8 Å². The van der Waals surface area contributed by atoms with Crippen LogP contribution in [0, 0.1) is 6.92 Å². The Morgan fingerprint density at radius 1 is 1.11 bits per heavy atom. The van der Waals surface area contributed by atoms with Gasteiger partial charge in [-0.3, -0.25) is 9.36 Å². The van der Waals surface area contributed by atoms with Crippen molar-refractivity contribution in [3.63, 3.8) is 0 Å². The molecule has 1 atom stereocenters. The molecule has 1 aromatic heterocycles. The number of benzene rings is 2. The van der Waals surface area contributed by atoms with Crippen molar-refractivity contribution >= 4 is 17.7 Å². The Bertz CT molecular complexity index is 906. The molecule has 0 radical (unpaired) electrons. The van der Waals surface area contributed by atoms with Crippen molar-refractivity contribution in [3.8, 4) is 5.69 Å². The molecule has 2 aromatic carbocycles. The van der Waals surface area contributed by atoms with Gasteiger partial charge >= 0.3 is 0 Å². The van der Waals surface area contributed by atoms with Gasteiger partial charge in [-0.15, -0.1) is 10.2 Å². The maximum Gasteiger partial charge on any atom is 0.220 e. The van der Waals surface area contributed by atoms with Crippen molar-refractivity contribution in [1.82, 2.24) is 20.1 Å². The molecule has 1 N–H and O–H groups in total. The molecule has 0 unspecified atom stereocenters. The molecule has 0 aliphatic heterocycles. The number of carbonyl (C=O) groups excluding carboxylic acids is 1. The average Bonchev–Trinajstić information content (AvgIpc) is 3.12. The number of nitrogens with zero attached hydrogens (tertiary/aromatic N) is 3. The molecule has 3 aromatic rings.